The first kappa shape index (κ1) is 17.4. The maximum Gasteiger partial charge on any atom is 0.452 e. The SMILES string of the molecule is FC(F)(F)c1nnc2c(SCCN3CCOCC3)nc3cccnc3n12. The second-order valence-corrected chi connectivity index (χ2v) is 6.83. The smallest absolute Gasteiger partial charge is 0.379 e. The van der Waals surface area contributed by atoms with Crippen LogP contribution in [0.3, 0.4) is 0 Å². The molecule has 3 aromatic heterocycles. The zero-order chi connectivity index (χ0) is 18.1. The lowest BCUT2D eigenvalue weighted by Crippen LogP contribution is -2.37. The fourth-order valence-corrected chi connectivity index (χ4v) is 3.77. The second-order valence-electron chi connectivity index (χ2n) is 5.75. The first-order valence-electron chi connectivity index (χ1n) is 8.04. The summed E-state index contributed by atoms with van der Waals surface area (Å²) in [5.74, 6) is -0.406. The molecule has 0 bridgehead atoms. The van der Waals surface area contributed by atoms with Gasteiger partial charge in [0.05, 0.1) is 13.2 Å². The zero-order valence-corrected chi connectivity index (χ0v) is 14.4. The number of thioether (sulfide) groups is 1. The lowest BCUT2D eigenvalue weighted by molar-refractivity contribution is -0.145. The van der Waals surface area contributed by atoms with Crippen LogP contribution in [0, 0.1) is 0 Å². The number of aromatic nitrogens is 5. The number of morpholine rings is 1. The van der Waals surface area contributed by atoms with Gasteiger partial charge in [-0.2, -0.15) is 13.2 Å². The Hall–Kier alpha value is -1.98. The van der Waals surface area contributed by atoms with Crippen LogP contribution < -0.4 is 0 Å². The van der Waals surface area contributed by atoms with Crippen molar-refractivity contribution in [1.82, 2.24) is 29.5 Å². The average Bonchev–Trinajstić information content (AvgIpc) is 3.09. The van der Waals surface area contributed by atoms with Gasteiger partial charge in [-0.3, -0.25) is 9.30 Å². The molecule has 0 saturated carbocycles. The first-order chi connectivity index (χ1) is 12.5. The van der Waals surface area contributed by atoms with Crippen molar-refractivity contribution in [3.8, 4) is 0 Å². The minimum absolute atomic E-state index is 0.0792. The Bertz CT molecular complexity index is 925. The monoisotopic (exact) mass is 384 g/mol. The third-order valence-corrected chi connectivity index (χ3v) is 4.99. The number of alkyl halides is 3. The van der Waals surface area contributed by atoms with Crippen LogP contribution in [0.5, 0.6) is 0 Å². The van der Waals surface area contributed by atoms with E-state index in [9.17, 15) is 13.2 Å². The highest BCUT2D eigenvalue weighted by Gasteiger charge is 2.38. The zero-order valence-electron chi connectivity index (χ0n) is 13.6. The standard InChI is InChI=1S/C15H15F3N6OS/c16-15(17,18)14-22-21-12-13(26-9-6-23-4-7-25-8-5-23)20-10-2-1-3-19-11(10)24(12)14/h1-3H,4-9H2. The molecule has 0 unspecified atom stereocenters. The minimum Gasteiger partial charge on any atom is -0.379 e. The molecule has 7 nitrogen and oxygen atoms in total. The topological polar surface area (TPSA) is 68.4 Å². The molecule has 1 aliphatic heterocycles. The molecule has 0 spiro atoms. The number of hydrogen-bond donors (Lipinski definition) is 0. The van der Waals surface area contributed by atoms with Gasteiger partial charge in [0.15, 0.2) is 11.3 Å². The van der Waals surface area contributed by atoms with E-state index in [0.717, 1.165) is 24.0 Å². The summed E-state index contributed by atoms with van der Waals surface area (Å²) in [4.78, 5) is 10.7. The van der Waals surface area contributed by atoms with E-state index in [-0.39, 0.29) is 11.3 Å². The molecule has 0 atom stereocenters. The third kappa shape index (κ3) is 3.33. The highest BCUT2D eigenvalue weighted by atomic mass is 32.2. The van der Waals surface area contributed by atoms with Gasteiger partial charge >= 0.3 is 6.18 Å². The van der Waals surface area contributed by atoms with Crippen molar-refractivity contribution in [2.24, 2.45) is 0 Å². The van der Waals surface area contributed by atoms with E-state index < -0.39 is 12.0 Å². The van der Waals surface area contributed by atoms with Gasteiger partial charge in [-0.1, -0.05) is 0 Å². The van der Waals surface area contributed by atoms with Crippen molar-refractivity contribution in [2.75, 3.05) is 38.6 Å². The molecule has 1 fully saturated rings. The molecule has 0 amide bonds. The summed E-state index contributed by atoms with van der Waals surface area (Å²) >= 11 is 1.37. The van der Waals surface area contributed by atoms with Crippen molar-refractivity contribution in [2.45, 2.75) is 11.2 Å². The van der Waals surface area contributed by atoms with Gasteiger partial charge in [0.2, 0.25) is 5.82 Å². The number of nitrogens with zero attached hydrogens (tertiary/aromatic N) is 6. The summed E-state index contributed by atoms with van der Waals surface area (Å²) in [6, 6.07) is 3.27. The molecule has 0 aliphatic carbocycles. The lowest BCUT2D eigenvalue weighted by atomic mass is 10.4. The van der Waals surface area contributed by atoms with Crippen LogP contribution in [0.25, 0.3) is 16.8 Å². The normalized spacial score (nSPS) is 16.6. The lowest BCUT2D eigenvalue weighted by Gasteiger charge is -2.26. The van der Waals surface area contributed by atoms with Crippen LogP contribution in [-0.2, 0) is 10.9 Å². The molecule has 0 aromatic carbocycles. The predicted octanol–water partition coefficient (Wildman–Crippen LogP) is 2.12. The van der Waals surface area contributed by atoms with Crippen molar-refractivity contribution in [1.29, 1.82) is 0 Å². The van der Waals surface area contributed by atoms with Crippen LogP contribution in [0.15, 0.2) is 23.4 Å². The van der Waals surface area contributed by atoms with Gasteiger partial charge in [0, 0.05) is 31.6 Å². The molecule has 0 N–H and O–H groups in total. The molecule has 4 heterocycles. The minimum atomic E-state index is -4.62. The fraction of sp³-hybridized carbons (Fsp3) is 0.467. The summed E-state index contributed by atoms with van der Waals surface area (Å²) < 4.78 is 46.2. The van der Waals surface area contributed by atoms with Crippen LogP contribution in [-0.4, -0.2) is 68.1 Å². The van der Waals surface area contributed by atoms with Crippen molar-refractivity contribution in [3.05, 3.63) is 24.2 Å². The molecule has 26 heavy (non-hydrogen) atoms. The molecular formula is C15H15F3N6OS. The molecule has 3 aromatic rings. The van der Waals surface area contributed by atoms with Gasteiger partial charge in [-0.15, -0.1) is 22.0 Å². The molecule has 1 aliphatic rings. The third-order valence-electron chi connectivity index (χ3n) is 4.06. The largest absolute Gasteiger partial charge is 0.452 e. The van der Waals surface area contributed by atoms with E-state index >= 15 is 0 Å². The number of halogens is 3. The van der Waals surface area contributed by atoms with Gasteiger partial charge in [0.25, 0.3) is 0 Å². The van der Waals surface area contributed by atoms with E-state index in [0.29, 0.717) is 29.5 Å². The Balaban J connectivity index is 1.68. The van der Waals surface area contributed by atoms with E-state index in [1.807, 2.05) is 0 Å². The van der Waals surface area contributed by atoms with E-state index in [1.165, 1.54) is 18.0 Å². The van der Waals surface area contributed by atoms with Crippen LogP contribution in [0.2, 0.25) is 0 Å². The number of rotatable bonds is 4. The average molecular weight is 384 g/mol. The van der Waals surface area contributed by atoms with E-state index in [2.05, 4.69) is 25.1 Å². The summed E-state index contributed by atoms with van der Waals surface area (Å²) in [7, 11) is 0. The molecular weight excluding hydrogens is 369 g/mol. The second kappa shape index (κ2) is 6.97. The van der Waals surface area contributed by atoms with Crippen molar-refractivity contribution >= 4 is 28.6 Å². The predicted molar refractivity (Wildman–Crippen MR) is 89.1 cm³/mol. The van der Waals surface area contributed by atoms with E-state index in [1.54, 1.807) is 12.1 Å². The molecule has 0 radical (unpaired) electrons. The molecule has 4 rings (SSSR count). The molecule has 11 heteroatoms. The molecule has 1 saturated heterocycles. The molecule has 138 valence electrons. The number of fused-ring (bicyclic) bond motifs is 3. The highest BCUT2D eigenvalue weighted by Crippen LogP contribution is 2.32. The van der Waals surface area contributed by atoms with Gasteiger partial charge in [-0.05, 0) is 12.1 Å². The Kier molecular flexibility index (Phi) is 4.67. The summed E-state index contributed by atoms with van der Waals surface area (Å²) in [5, 5.41) is 7.50. The number of ether oxygens (including phenoxy) is 1. The van der Waals surface area contributed by atoms with Crippen molar-refractivity contribution < 1.29 is 17.9 Å². The van der Waals surface area contributed by atoms with Crippen LogP contribution >= 0.6 is 11.8 Å². The Morgan fingerprint density at radius 1 is 1.15 bits per heavy atom. The first-order valence-corrected chi connectivity index (χ1v) is 9.02. The summed E-state index contributed by atoms with van der Waals surface area (Å²) in [5.41, 5.74) is 0.548. The van der Waals surface area contributed by atoms with Crippen molar-refractivity contribution in [3.63, 3.8) is 0 Å². The summed E-state index contributed by atoms with van der Waals surface area (Å²) in [6.45, 7) is 3.91. The van der Waals surface area contributed by atoms with Crippen LogP contribution in [0.1, 0.15) is 5.82 Å². The Morgan fingerprint density at radius 3 is 2.73 bits per heavy atom. The number of pyridine rings is 1. The number of hydrogen-bond acceptors (Lipinski definition) is 7. The summed E-state index contributed by atoms with van der Waals surface area (Å²) in [6.07, 6.45) is -3.20. The maximum atomic E-state index is 13.3. The fourth-order valence-electron chi connectivity index (χ4n) is 2.81. The highest BCUT2D eigenvalue weighted by molar-refractivity contribution is 7.99. The van der Waals surface area contributed by atoms with E-state index in [4.69, 9.17) is 4.74 Å². The quantitative estimate of drug-likeness (QED) is 0.638. The van der Waals surface area contributed by atoms with Gasteiger partial charge < -0.3 is 4.74 Å². The van der Waals surface area contributed by atoms with Crippen LogP contribution in [0.4, 0.5) is 13.2 Å². The Morgan fingerprint density at radius 2 is 1.96 bits per heavy atom. The maximum absolute atomic E-state index is 13.3. The van der Waals surface area contributed by atoms with Gasteiger partial charge in [0.1, 0.15) is 10.5 Å². The van der Waals surface area contributed by atoms with Gasteiger partial charge in [-0.25, -0.2) is 9.97 Å². The Labute approximate surface area is 150 Å².